The van der Waals surface area contributed by atoms with Crippen LogP contribution in [0.25, 0.3) is 10.6 Å². The van der Waals surface area contributed by atoms with E-state index in [1.54, 1.807) is 24.9 Å². The highest BCUT2D eigenvalue weighted by Gasteiger charge is 2.26. The molecule has 0 spiro atoms. The number of carbonyl (C=O) groups is 2. The first kappa shape index (κ1) is 13.5. The van der Waals surface area contributed by atoms with Crippen molar-refractivity contribution in [2.45, 2.75) is 6.92 Å². The average molecular weight is 304 g/mol. The van der Waals surface area contributed by atoms with E-state index in [0.29, 0.717) is 27.6 Å². The molecule has 108 valence electrons. The number of anilines is 2. The number of hydrogen-bond acceptors (Lipinski definition) is 6. The molecule has 0 saturated carbocycles. The minimum absolute atomic E-state index is 0.136. The Morgan fingerprint density at radius 3 is 2.90 bits per heavy atom. The van der Waals surface area contributed by atoms with Gasteiger partial charge in [0.05, 0.1) is 11.4 Å². The van der Waals surface area contributed by atoms with Crippen LogP contribution in [0.15, 0.2) is 12.4 Å². The Balaban J connectivity index is 2.16. The Labute approximate surface area is 124 Å². The lowest BCUT2D eigenvalue weighted by molar-refractivity contribution is -0.115. The number of hydrogen-bond donors (Lipinski definition) is 2. The molecule has 2 aromatic rings. The van der Waals surface area contributed by atoms with Gasteiger partial charge >= 0.3 is 5.97 Å². The lowest BCUT2D eigenvalue weighted by atomic mass is 10.2. The molecular formula is C13H12N4O3S. The van der Waals surface area contributed by atoms with Crippen molar-refractivity contribution in [1.29, 1.82) is 0 Å². The van der Waals surface area contributed by atoms with Crippen molar-refractivity contribution in [3.8, 4) is 10.6 Å². The fourth-order valence-corrected chi connectivity index (χ4v) is 3.30. The molecule has 0 saturated heterocycles. The molecule has 3 heterocycles. The van der Waals surface area contributed by atoms with E-state index in [1.165, 1.54) is 17.7 Å². The summed E-state index contributed by atoms with van der Waals surface area (Å²) in [5.41, 5.74) is 2.02. The van der Waals surface area contributed by atoms with E-state index in [9.17, 15) is 9.59 Å². The molecule has 3 rings (SSSR count). The summed E-state index contributed by atoms with van der Waals surface area (Å²) in [7, 11) is 1.78. The molecule has 7 nitrogen and oxygen atoms in total. The number of carbonyl (C=O) groups excluding carboxylic acids is 1. The molecule has 0 atom stereocenters. The van der Waals surface area contributed by atoms with Gasteiger partial charge in [-0.05, 0) is 18.6 Å². The molecule has 1 amide bonds. The number of aromatic carboxylic acids is 1. The number of carboxylic acid groups (broad SMARTS) is 1. The normalized spacial score (nSPS) is 13.8. The van der Waals surface area contributed by atoms with Crippen molar-refractivity contribution in [2.75, 3.05) is 23.8 Å². The van der Waals surface area contributed by atoms with Gasteiger partial charge in [-0.25, -0.2) is 14.8 Å². The molecule has 0 aromatic carbocycles. The van der Waals surface area contributed by atoms with E-state index in [1.807, 2.05) is 0 Å². The summed E-state index contributed by atoms with van der Waals surface area (Å²) in [6.45, 7) is 1.96. The van der Waals surface area contributed by atoms with Crippen LogP contribution in [0.4, 0.5) is 11.5 Å². The van der Waals surface area contributed by atoms with Crippen LogP contribution in [0.3, 0.4) is 0 Å². The molecule has 1 aliphatic rings. The monoisotopic (exact) mass is 304 g/mol. The van der Waals surface area contributed by atoms with Crippen LogP contribution in [0.2, 0.25) is 0 Å². The number of fused-ring (bicyclic) bond motifs is 1. The summed E-state index contributed by atoms with van der Waals surface area (Å²) < 4.78 is 0. The zero-order chi connectivity index (χ0) is 15.1. The summed E-state index contributed by atoms with van der Waals surface area (Å²) >= 11 is 1.17. The molecule has 0 unspecified atom stereocenters. The van der Waals surface area contributed by atoms with E-state index < -0.39 is 5.97 Å². The number of nitrogens with one attached hydrogen (secondary N) is 1. The predicted octanol–water partition coefficient (Wildman–Crippen LogP) is 1.60. The van der Waals surface area contributed by atoms with Gasteiger partial charge in [0.15, 0.2) is 5.82 Å². The molecule has 2 aromatic heterocycles. The molecule has 0 radical (unpaired) electrons. The Kier molecular flexibility index (Phi) is 3.09. The molecule has 8 heteroatoms. The van der Waals surface area contributed by atoms with Gasteiger partial charge in [-0.1, -0.05) is 0 Å². The van der Waals surface area contributed by atoms with Gasteiger partial charge in [0.1, 0.15) is 22.6 Å². The first-order chi connectivity index (χ1) is 9.97. The maximum absolute atomic E-state index is 11.5. The zero-order valence-corrected chi connectivity index (χ0v) is 12.2. The van der Waals surface area contributed by atoms with Gasteiger partial charge in [-0.2, -0.15) is 0 Å². The van der Waals surface area contributed by atoms with Gasteiger partial charge in [0.2, 0.25) is 5.91 Å². The van der Waals surface area contributed by atoms with E-state index in [0.717, 1.165) is 4.88 Å². The SMILES string of the molecule is Cc1cc(-c2ncnc3c2N(C)CC(=O)N3)sc1C(=O)O. The Morgan fingerprint density at radius 2 is 2.24 bits per heavy atom. The number of nitrogens with zero attached hydrogens (tertiary/aromatic N) is 3. The number of likely N-dealkylation sites (N-methyl/N-ethyl adjacent to an activating group) is 1. The zero-order valence-electron chi connectivity index (χ0n) is 11.4. The maximum atomic E-state index is 11.5. The first-order valence-electron chi connectivity index (χ1n) is 6.17. The third-order valence-electron chi connectivity index (χ3n) is 3.19. The van der Waals surface area contributed by atoms with E-state index in [4.69, 9.17) is 5.11 Å². The van der Waals surface area contributed by atoms with Crippen molar-refractivity contribution in [3.05, 3.63) is 22.8 Å². The number of aromatic nitrogens is 2. The molecule has 0 bridgehead atoms. The second-order valence-corrected chi connectivity index (χ2v) is 5.80. The summed E-state index contributed by atoms with van der Waals surface area (Å²) in [5, 5.41) is 11.9. The number of thiophene rings is 1. The molecule has 0 fully saturated rings. The average Bonchev–Trinajstić information content (AvgIpc) is 2.79. The highest BCUT2D eigenvalue weighted by molar-refractivity contribution is 7.17. The number of carboxylic acids is 1. The van der Waals surface area contributed by atoms with Gasteiger partial charge in [-0.3, -0.25) is 4.79 Å². The molecule has 2 N–H and O–H groups in total. The van der Waals surface area contributed by atoms with Crippen LogP contribution in [0.1, 0.15) is 15.2 Å². The van der Waals surface area contributed by atoms with Crippen LogP contribution in [0.5, 0.6) is 0 Å². The molecule has 21 heavy (non-hydrogen) atoms. The highest BCUT2D eigenvalue weighted by atomic mass is 32.1. The van der Waals surface area contributed by atoms with E-state index in [-0.39, 0.29) is 12.5 Å². The Bertz CT molecular complexity index is 756. The quantitative estimate of drug-likeness (QED) is 0.875. The number of aryl methyl sites for hydroxylation is 1. The fourth-order valence-electron chi connectivity index (χ4n) is 2.29. The van der Waals surface area contributed by atoms with E-state index >= 15 is 0 Å². The van der Waals surface area contributed by atoms with E-state index in [2.05, 4.69) is 15.3 Å². The van der Waals surface area contributed by atoms with Crippen LogP contribution >= 0.6 is 11.3 Å². The van der Waals surface area contributed by atoms with Crippen molar-refractivity contribution in [3.63, 3.8) is 0 Å². The third kappa shape index (κ3) is 2.23. The Morgan fingerprint density at radius 1 is 1.48 bits per heavy atom. The van der Waals surface area contributed by atoms with Gasteiger partial charge < -0.3 is 15.3 Å². The van der Waals surface area contributed by atoms with Crippen LogP contribution in [0, 0.1) is 6.92 Å². The molecular weight excluding hydrogens is 292 g/mol. The summed E-state index contributed by atoms with van der Waals surface area (Å²) in [6.07, 6.45) is 1.36. The van der Waals surface area contributed by atoms with Crippen LogP contribution in [-0.4, -0.2) is 40.5 Å². The largest absolute Gasteiger partial charge is 0.477 e. The molecule has 1 aliphatic heterocycles. The maximum Gasteiger partial charge on any atom is 0.346 e. The van der Waals surface area contributed by atoms with Crippen LogP contribution < -0.4 is 10.2 Å². The standard InChI is InChI=1S/C13H12N4O3S/c1-6-3-7(21-11(6)13(19)20)9-10-12(15-5-14-9)16-8(18)4-17(10)2/h3,5H,4H2,1-2H3,(H,19,20)(H,14,15,16,18). The van der Waals surface area contributed by atoms with Gasteiger partial charge in [-0.15, -0.1) is 11.3 Å². The number of rotatable bonds is 2. The summed E-state index contributed by atoms with van der Waals surface area (Å²) in [6, 6.07) is 1.79. The minimum atomic E-state index is -0.951. The van der Waals surface area contributed by atoms with Crippen molar-refractivity contribution >= 4 is 34.7 Å². The second kappa shape index (κ2) is 4.81. The van der Waals surface area contributed by atoms with Gasteiger partial charge in [0, 0.05) is 7.05 Å². The van der Waals surface area contributed by atoms with Gasteiger partial charge in [0.25, 0.3) is 0 Å². The lowest BCUT2D eigenvalue weighted by Gasteiger charge is -2.27. The smallest absolute Gasteiger partial charge is 0.346 e. The van der Waals surface area contributed by atoms with Crippen molar-refractivity contribution in [2.24, 2.45) is 0 Å². The minimum Gasteiger partial charge on any atom is -0.477 e. The second-order valence-electron chi connectivity index (χ2n) is 4.75. The third-order valence-corrected chi connectivity index (χ3v) is 4.42. The molecule has 0 aliphatic carbocycles. The number of amides is 1. The Hall–Kier alpha value is -2.48. The first-order valence-corrected chi connectivity index (χ1v) is 6.99. The van der Waals surface area contributed by atoms with Crippen molar-refractivity contribution in [1.82, 2.24) is 9.97 Å². The van der Waals surface area contributed by atoms with Crippen LogP contribution in [-0.2, 0) is 4.79 Å². The lowest BCUT2D eigenvalue weighted by Crippen LogP contribution is -2.36. The highest BCUT2D eigenvalue weighted by Crippen LogP contribution is 2.39. The summed E-state index contributed by atoms with van der Waals surface area (Å²) in [5.74, 6) is -0.641. The predicted molar refractivity (Wildman–Crippen MR) is 78.9 cm³/mol. The van der Waals surface area contributed by atoms with Crippen molar-refractivity contribution < 1.29 is 14.7 Å². The summed E-state index contributed by atoms with van der Waals surface area (Å²) in [4.78, 5) is 33.9. The topological polar surface area (TPSA) is 95.4 Å². The fraction of sp³-hybridized carbons (Fsp3) is 0.231.